The first-order chi connectivity index (χ1) is 10.1. The quantitative estimate of drug-likeness (QED) is 0.270. The summed E-state index contributed by atoms with van der Waals surface area (Å²) in [6.45, 7) is -1.76. The number of carboxylic acid groups (broad SMARTS) is 2. The Bertz CT molecular complexity index is 530. The summed E-state index contributed by atoms with van der Waals surface area (Å²) < 4.78 is 30.1. The maximum Gasteiger partial charge on any atom is 0.421 e. The summed E-state index contributed by atoms with van der Waals surface area (Å²) in [6.07, 6.45) is -1.58. The summed E-state index contributed by atoms with van der Waals surface area (Å²) in [4.78, 5) is 42.5. The van der Waals surface area contributed by atoms with Gasteiger partial charge in [0.15, 0.2) is 0 Å². The minimum atomic E-state index is -4.37. The van der Waals surface area contributed by atoms with Crippen molar-refractivity contribution < 1.29 is 42.5 Å². The summed E-state index contributed by atoms with van der Waals surface area (Å²) in [5.74, 6) is -3.31. The highest BCUT2D eigenvalue weighted by molar-refractivity contribution is 7.88. The Kier molecular flexibility index (Phi) is 8.47. The Labute approximate surface area is 125 Å². The first-order valence-corrected chi connectivity index (χ1v) is 7.25. The van der Waals surface area contributed by atoms with Crippen LogP contribution in [0.4, 0.5) is 4.79 Å². The van der Waals surface area contributed by atoms with Crippen LogP contribution < -0.4 is 14.8 Å². The van der Waals surface area contributed by atoms with E-state index in [1.807, 2.05) is 5.32 Å². The van der Waals surface area contributed by atoms with Crippen molar-refractivity contribution in [3.8, 4) is 0 Å². The molecule has 0 unspecified atom stereocenters. The standard InChI is InChI=1S/C9H15N3O9S/c13-6(10-5-8(16)17)4-11-22(19,20)12-9(18)21-3-1-2-7(14)15/h11H,1-5H2,(H,10,13)(H,12,18)(H,14,15)(H,16,17). The molecule has 0 aromatic carbocycles. The SMILES string of the molecule is O=C(O)CCCOC(=O)NS(=O)(=O)NCC(=O)NCC(=O)O. The van der Waals surface area contributed by atoms with Gasteiger partial charge in [0.25, 0.3) is 0 Å². The molecule has 0 spiro atoms. The molecule has 22 heavy (non-hydrogen) atoms. The molecule has 0 fully saturated rings. The number of aliphatic carboxylic acids is 2. The monoisotopic (exact) mass is 341 g/mol. The lowest BCUT2D eigenvalue weighted by Crippen LogP contribution is -2.45. The van der Waals surface area contributed by atoms with Gasteiger partial charge in [0, 0.05) is 6.42 Å². The molecule has 126 valence electrons. The lowest BCUT2D eigenvalue weighted by atomic mass is 10.3. The molecule has 0 radical (unpaired) electrons. The highest BCUT2D eigenvalue weighted by Gasteiger charge is 2.16. The topological polar surface area (TPSA) is 188 Å². The summed E-state index contributed by atoms with van der Waals surface area (Å²) in [5.41, 5.74) is 0. The summed E-state index contributed by atoms with van der Waals surface area (Å²) in [6, 6.07) is 0. The molecule has 0 aromatic heterocycles. The number of carbonyl (C=O) groups excluding carboxylic acids is 2. The van der Waals surface area contributed by atoms with Gasteiger partial charge in [-0.05, 0) is 6.42 Å². The van der Waals surface area contributed by atoms with Crippen molar-refractivity contribution in [2.24, 2.45) is 0 Å². The van der Waals surface area contributed by atoms with Crippen LogP contribution in [0.5, 0.6) is 0 Å². The number of hydrogen-bond acceptors (Lipinski definition) is 7. The molecule has 0 aromatic rings. The van der Waals surface area contributed by atoms with Gasteiger partial charge in [-0.1, -0.05) is 0 Å². The van der Waals surface area contributed by atoms with Crippen LogP contribution in [0.25, 0.3) is 0 Å². The molecule has 12 nitrogen and oxygen atoms in total. The van der Waals surface area contributed by atoms with Crippen LogP contribution in [0.3, 0.4) is 0 Å². The molecule has 0 heterocycles. The van der Waals surface area contributed by atoms with Crippen molar-refractivity contribution in [1.29, 1.82) is 0 Å². The average Bonchev–Trinajstić information content (AvgIpc) is 2.38. The van der Waals surface area contributed by atoms with Crippen LogP contribution in [0.1, 0.15) is 12.8 Å². The Morgan fingerprint density at radius 1 is 1.00 bits per heavy atom. The summed E-state index contributed by atoms with van der Waals surface area (Å²) in [7, 11) is -4.37. The first-order valence-electron chi connectivity index (χ1n) is 5.77. The summed E-state index contributed by atoms with van der Waals surface area (Å²) >= 11 is 0. The van der Waals surface area contributed by atoms with Crippen molar-refractivity contribution in [3.63, 3.8) is 0 Å². The van der Waals surface area contributed by atoms with E-state index in [4.69, 9.17) is 10.2 Å². The van der Waals surface area contributed by atoms with E-state index in [-0.39, 0.29) is 19.4 Å². The number of carbonyl (C=O) groups is 4. The van der Waals surface area contributed by atoms with Crippen molar-refractivity contribution in [2.45, 2.75) is 12.8 Å². The van der Waals surface area contributed by atoms with Gasteiger partial charge in [0.1, 0.15) is 6.54 Å². The number of ether oxygens (including phenoxy) is 1. The molecule has 0 aliphatic carbocycles. The van der Waals surface area contributed by atoms with E-state index in [2.05, 4.69) is 4.74 Å². The van der Waals surface area contributed by atoms with E-state index in [0.717, 1.165) is 0 Å². The Hall–Kier alpha value is -2.41. The zero-order valence-corrected chi connectivity index (χ0v) is 12.0. The number of hydrogen-bond donors (Lipinski definition) is 5. The Morgan fingerprint density at radius 2 is 1.64 bits per heavy atom. The fourth-order valence-electron chi connectivity index (χ4n) is 0.961. The molecule has 0 atom stereocenters. The number of amides is 2. The number of nitrogens with one attached hydrogen (secondary N) is 3. The molecule has 0 aliphatic rings. The van der Waals surface area contributed by atoms with Gasteiger partial charge in [-0.25, -0.2) is 9.52 Å². The smallest absolute Gasteiger partial charge is 0.421 e. The van der Waals surface area contributed by atoms with Gasteiger partial charge in [-0.2, -0.15) is 13.1 Å². The van der Waals surface area contributed by atoms with Gasteiger partial charge >= 0.3 is 28.2 Å². The number of rotatable bonds is 10. The van der Waals surface area contributed by atoms with Gasteiger partial charge in [-0.3, -0.25) is 14.4 Å². The second-order valence-corrected chi connectivity index (χ2v) is 5.23. The third-order valence-corrected chi connectivity index (χ3v) is 2.81. The normalized spacial score (nSPS) is 10.5. The van der Waals surface area contributed by atoms with Crippen LogP contribution in [0.2, 0.25) is 0 Å². The molecule has 0 saturated heterocycles. The maximum absolute atomic E-state index is 11.3. The molecule has 0 bridgehead atoms. The van der Waals surface area contributed by atoms with Crippen molar-refractivity contribution in [1.82, 2.24) is 14.8 Å². The Morgan fingerprint density at radius 3 is 2.18 bits per heavy atom. The number of carboxylic acids is 2. The fourth-order valence-corrected chi connectivity index (χ4v) is 1.63. The van der Waals surface area contributed by atoms with Crippen LogP contribution in [-0.4, -0.2) is 62.3 Å². The van der Waals surface area contributed by atoms with Gasteiger partial charge in [0.2, 0.25) is 5.91 Å². The van der Waals surface area contributed by atoms with Crippen molar-refractivity contribution in [2.75, 3.05) is 19.7 Å². The third-order valence-electron chi connectivity index (χ3n) is 1.85. The van der Waals surface area contributed by atoms with E-state index in [0.29, 0.717) is 0 Å². The van der Waals surface area contributed by atoms with Crippen LogP contribution in [0, 0.1) is 0 Å². The van der Waals surface area contributed by atoms with E-state index < -0.39 is 47.2 Å². The van der Waals surface area contributed by atoms with Crippen molar-refractivity contribution >= 4 is 34.1 Å². The summed E-state index contributed by atoms with van der Waals surface area (Å²) in [5, 5.41) is 18.5. The van der Waals surface area contributed by atoms with E-state index in [9.17, 15) is 27.6 Å². The van der Waals surface area contributed by atoms with Crippen LogP contribution in [-0.2, 0) is 29.3 Å². The van der Waals surface area contributed by atoms with Gasteiger partial charge in [-0.15, -0.1) is 0 Å². The minimum absolute atomic E-state index is 0.00776. The molecular formula is C9H15N3O9S. The maximum atomic E-state index is 11.3. The zero-order chi connectivity index (χ0) is 17.2. The van der Waals surface area contributed by atoms with Crippen LogP contribution >= 0.6 is 0 Å². The molecule has 0 saturated carbocycles. The lowest BCUT2D eigenvalue weighted by molar-refractivity contribution is -0.138. The fraction of sp³-hybridized carbons (Fsp3) is 0.556. The second kappa shape index (κ2) is 9.51. The van der Waals surface area contributed by atoms with Crippen LogP contribution in [0.15, 0.2) is 0 Å². The highest BCUT2D eigenvalue weighted by atomic mass is 32.2. The third kappa shape index (κ3) is 11.4. The van der Waals surface area contributed by atoms with E-state index in [1.54, 1.807) is 4.72 Å². The van der Waals surface area contributed by atoms with E-state index in [1.165, 1.54) is 4.72 Å². The molecule has 5 N–H and O–H groups in total. The molecule has 13 heteroatoms. The average molecular weight is 341 g/mol. The first kappa shape index (κ1) is 19.6. The molecule has 2 amide bonds. The van der Waals surface area contributed by atoms with Crippen molar-refractivity contribution in [3.05, 3.63) is 0 Å². The van der Waals surface area contributed by atoms with E-state index >= 15 is 0 Å². The Balaban J connectivity index is 4.02. The predicted molar refractivity (Wildman–Crippen MR) is 68.9 cm³/mol. The molecule has 0 rings (SSSR count). The largest absolute Gasteiger partial charge is 0.481 e. The highest BCUT2D eigenvalue weighted by Crippen LogP contribution is 1.91. The van der Waals surface area contributed by atoms with Gasteiger partial charge in [0.05, 0.1) is 13.2 Å². The molecular weight excluding hydrogens is 326 g/mol. The predicted octanol–water partition coefficient (Wildman–Crippen LogP) is -2.39. The molecule has 0 aliphatic heterocycles. The minimum Gasteiger partial charge on any atom is -0.481 e. The second-order valence-electron chi connectivity index (χ2n) is 3.73. The zero-order valence-electron chi connectivity index (χ0n) is 11.2. The lowest BCUT2D eigenvalue weighted by Gasteiger charge is -2.08. The van der Waals surface area contributed by atoms with Gasteiger partial charge < -0.3 is 20.3 Å².